The number of rotatable bonds is 8. The second-order valence-electron chi connectivity index (χ2n) is 6.25. The number of aliphatic carboxylic acids is 1. The van der Waals surface area contributed by atoms with Crippen molar-refractivity contribution in [3.05, 3.63) is 58.0 Å². The average Bonchev–Trinajstić information content (AvgIpc) is 2.60. The van der Waals surface area contributed by atoms with Crippen molar-refractivity contribution in [1.29, 1.82) is 0 Å². The summed E-state index contributed by atoms with van der Waals surface area (Å²) in [5.41, 5.74) is 5.70. The van der Waals surface area contributed by atoms with Gasteiger partial charge in [0.2, 0.25) is 0 Å². The molecule has 2 atom stereocenters. The number of carbonyl (C=O) groups is 2. The van der Waals surface area contributed by atoms with Crippen LogP contribution in [0.25, 0.3) is 0 Å². The Morgan fingerprint density at radius 3 is 2.54 bits per heavy atom. The number of carbonyl (C=O) groups excluding carboxylic acids is 1. The number of carboxylic acids is 1. The summed E-state index contributed by atoms with van der Waals surface area (Å²) in [6.07, 6.45) is 1.67. The standard InChI is InChI=1S/C19H21ClFN3O3.Li/c1-3-14(24-10(2)8-16(25)26)12-5-6-13(20)17(18(12)21)19(27)11-4-7-15(22)23-9-11;/h4-7,9-10,14,24H,3,8H2,1-2H3,(H2,22,23)(H,25,26);/t10?,14-;/m1./s1. The summed E-state index contributed by atoms with van der Waals surface area (Å²) >= 11 is 6.10. The number of benzene rings is 1. The zero-order chi connectivity index (χ0) is 20.1. The molecule has 0 saturated heterocycles. The SMILES string of the molecule is CC[C@@H](NC(C)CC(=O)O)c1ccc(Cl)c(C(=O)c2ccc(N)nc2)c1F.[Li]. The maximum atomic E-state index is 15.2. The van der Waals surface area contributed by atoms with Crippen LogP contribution in [0.3, 0.4) is 0 Å². The number of anilines is 1. The molecule has 28 heavy (non-hydrogen) atoms. The summed E-state index contributed by atoms with van der Waals surface area (Å²) in [4.78, 5) is 27.4. The maximum Gasteiger partial charge on any atom is 0.304 e. The van der Waals surface area contributed by atoms with Gasteiger partial charge in [-0.25, -0.2) is 9.37 Å². The fourth-order valence-electron chi connectivity index (χ4n) is 2.82. The minimum Gasteiger partial charge on any atom is -0.481 e. The predicted octanol–water partition coefficient (Wildman–Crippen LogP) is 3.21. The molecule has 1 heterocycles. The summed E-state index contributed by atoms with van der Waals surface area (Å²) in [5, 5.41) is 12.0. The van der Waals surface area contributed by atoms with Crippen molar-refractivity contribution in [3.63, 3.8) is 0 Å². The number of nitrogens with zero attached hydrogens (tertiary/aromatic N) is 1. The number of ketones is 1. The molecule has 145 valence electrons. The van der Waals surface area contributed by atoms with E-state index in [1.807, 2.05) is 6.92 Å². The van der Waals surface area contributed by atoms with Crippen LogP contribution in [0.1, 0.15) is 54.2 Å². The zero-order valence-electron chi connectivity index (χ0n) is 16.0. The van der Waals surface area contributed by atoms with Gasteiger partial charge < -0.3 is 16.2 Å². The first-order valence-corrected chi connectivity index (χ1v) is 8.84. The smallest absolute Gasteiger partial charge is 0.304 e. The Bertz CT molecular complexity index is 849. The van der Waals surface area contributed by atoms with Crippen LogP contribution in [0, 0.1) is 5.82 Å². The summed E-state index contributed by atoms with van der Waals surface area (Å²) in [7, 11) is 0. The van der Waals surface area contributed by atoms with Crippen LogP contribution in [0.4, 0.5) is 10.2 Å². The van der Waals surface area contributed by atoms with Crippen LogP contribution in [0.15, 0.2) is 30.5 Å². The zero-order valence-corrected chi connectivity index (χ0v) is 16.8. The molecule has 1 aromatic heterocycles. The van der Waals surface area contributed by atoms with Gasteiger partial charge in [-0.2, -0.15) is 0 Å². The Balaban J connectivity index is 0.00000392. The van der Waals surface area contributed by atoms with Crippen molar-refractivity contribution in [1.82, 2.24) is 10.3 Å². The molecule has 2 rings (SSSR count). The molecular weight excluding hydrogens is 380 g/mol. The number of carboxylic acid groups (broad SMARTS) is 1. The summed E-state index contributed by atoms with van der Waals surface area (Å²) < 4.78 is 15.2. The van der Waals surface area contributed by atoms with Crippen LogP contribution >= 0.6 is 11.6 Å². The van der Waals surface area contributed by atoms with E-state index in [1.54, 1.807) is 6.92 Å². The number of hydrogen-bond acceptors (Lipinski definition) is 5. The van der Waals surface area contributed by atoms with Gasteiger partial charge in [-0.05, 0) is 31.5 Å². The van der Waals surface area contributed by atoms with Gasteiger partial charge in [-0.15, -0.1) is 0 Å². The van der Waals surface area contributed by atoms with E-state index in [0.29, 0.717) is 6.42 Å². The van der Waals surface area contributed by atoms with E-state index in [9.17, 15) is 9.59 Å². The molecule has 1 radical (unpaired) electrons. The van der Waals surface area contributed by atoms with Gasteiger partial charge in [0.1, 0.15) is 11.6 Å². The molecule has 4 N–H and O–H groups in total. The van der Waals surface area contributed by atoms with Crippen LogP contribution in [-0.4, -0.2) is 46.7 Å². The molecule has 0 amide bonds. The predicted molar refractivity (Wildman–Crippen MR) is 107 cm³/mol. The second-order valence-corrected chi connectivity index (χ2v) is 6.66. The Morgan fingerprint density at radius 2 is 2.00 bits per heavy atom. The molecule has 6 nitrogen and oxygen atoms in total. The monoisotopic (exact) mass is 400 g/mol. The first kappa shape index (κ1) is 24.1. The molecule has 0 aliphatic rings. The minimum absolute atomic E-state index is 0. The van der Waals surface area contributed by atoms with Crippen LogP contribution in [0.5, 0.6) is 0 Å². The molecule has 0 spiro atoms. The van der Waals surface area contributed by atoms with Gasteiger partial charge in [0.15, 0.2) is 5.78 Å². The van der Waals surface area contributed by atoms with Gasteiger partial charge in [0.05, 0.1) is 17.0 Å². The van der Waals surface area contributed by atoms with E-state index in [-0.39, 0.29) is 58.9 Å². The fourth-order valence-corrected chi connectivity index (χ4v) is 3.05. The van der Waals surface area contributed by atoms with Gasteiger partial charge >= 0.3 is 5.97 Å². The van der Waals surface area contributed by atoms with E-state index in [2.05, 4.69) is 10.3 Å². The van der Waals surface area contributed by atoms with Crippen molar-refractivity contribution >= 4 is 48.0 Å². The maximum absolute atomic E-state index is 15.2. The van der Waals surface area contributed by atoms with Gasteiger partial charge in [-0.1, -0.05) is 24.6 Å². The largest absolute Gasteiger partial charge is 0.481 e. The number of pyridine rings is 1. The van der Waals surface area contributed by atoms with Gasteiger partial charge in [-0.3, -0.25) is 9.59 Å². The first-order valence-electron chi connectivity index (χ1n) is 8.46. The number of nitrogen functional groups attached to an aromatic ring is 1. The average molecular weight is 401 g/mol. The molecule has 0 fully saturated rings. The van der Waals surface area contributed by atoms with E-state index < -0.39 is 23.6 Å². The van der Waals surface area contributed by atoms with Crippen molar-refractivity contribution < 1.29 is 19.1 Å². The Hall–Kier alpha value is -1.91. The molecule has 1 unspecified atom stereocenters. The summed E-state index contributed by atoms with van der Waals surface area (Å²) in [5.74, 6) is -2.03. The molecule has 9 heteroatoms. The molecule has 0 aliphatic heterocycles. The van der Waals surface area contributed by atoms with Gasteiger partial charge in [0.25, 0.3) is 0 Å². The number of nitrogens with two attached hydrogens (primary N) is 1. The Labute approximate surface area is 179 Å². The Morgan fingerprint density at radius 1 is 1.32 bits per heavy atom. The third-order valence-corrected chi connectivity index (χ3v) is 4.46. The van der Waals surface area contributed by atoms with Crippen molar-refractivity contribution in [2.45, 2.75) is 38.8 Å². The van der Waals surface area contributed by atoms with Crippen LogP contribution in [-0.2, 0) is 4.79 Å². The van der Waals surface area contributed by atoms with Crippen molar-refractivity contribution in [3.8, 4) is 0 Å². The Kier molecular flexibility index (Phi) is 9.12. The van der Waals surface area contributed by atoms with E-state index in [1.165, 1.54) is 30.5 Å². The quantitative estimate of drug-likeness (QED) is 0.464. The third kappa shape index (κ3) is 5.79. The topological polar surface area (TPSA) is 105 Å². The minimum atomic E-state index is -0.951. The van der Waals surface area contributed by atoms with E-state index in [4.69, 9.17) is 22.4 Å². The molecular formula is C19H21ClFLiN3O3. The number of nitrogens with one attached hydrogen (secondary N) is 1. The first-order chi connectivity index (χ1) is 12.7. The summed E-state index contributed by atoms with van der Waals surface area (Å²) in [6, 6.07) is 5.04. The molecule has 1 aromatic carbocycles. The van der Waals surface area contributed by atoms with Crippen LogP contribution in [0.2, 0.25) is 5.02 Å². The van der Waals surface area contributed by atoms with Crippen molar-refractivity contribution in [2.24, 2.45) is 0 Å². The van der Waals surface area contributed by atoms with Crippen molar-refractivity contribution in [2.75, 3.05) is 5.73 Å². The molecule has 0 saturated carbocycles. The van der Waals surface area contributed by atoms with Crippen LogP contribution < -0.4 is 11.1 Å². The molecule has 0 bridgehead atoms. The van der Waals surface area contributed by atoms with Gasteiger partial charge in [0, 0.05) is 48.3 Å². The second kappa shape index (κ2) is 10.6. The number of aromatic nitrogens is 1. The third-order valence-electron chi connectivity index (χ3n) is 4.15. The normalized spacial score (nSPS) is 12.7. The summed E-state index contributed by atoms with van der Waals surface area (Å²) in [6.45, 7) is 3.54. The molecule has 2 aromatic rings. The molecule has 0 aliphatic carbocycles. The van der Waals surface area contributed by atoms with E-state index in [0.717, 1.165) is 0 Å². The fraction of sp³-hybridized carbons (Fsp3) is 0.316. The number of halogens is 2. The van der Waals surface area contributed by atoms with E-state index >= 15 is 4.39 Å². The number of hydrogen-bond donors (Lipinski definition) is 3.